The molecule has 5 nitrogen and oxygen atoms in total. The van der Waals surface area contributed by atoms with Gasteiger partial charge in [0.05, 0.1) is 0 Å². The number of anilines is 1. The highest BCUT2D eigenvalue weighted by Crippen LogP contribution is 2.30. The topological polar surface area (TPSA) is 62.3 Å². The monoisotopic (exact) mass is 347 g/mol. The minimum absolute atomic E-state index is 0.0364. The third kappa shape index (κ3) is 4.38. The van der Waals surface area contributed by atoms with Gasteiger partial charge in [0.2, 0.25) is 5.91 Å². The molecule has 1 heterocycles. The average molecular weight is 347 g/mol. The molecular formula is C17H18FN3O2S. The standard InChI is InChI=1S/C17H18FN3O2S/c1-11-8-19-17(24-11)20-15(22)10-21(9-12-2-3-12)16(23)13-4-6-14(18)7-5-13/h4-8,12H,2-3,9-10H2,1H3,(H,19,20,22). The zero-order valence-electron chi connectivity index (χ0n) is 13.3. The van der Waals surface area contributed by atoms with Gasteiger partial charge in [0.15, 0.2) is 5.13 Å². The van der Waals surface area contributed by atoms with Crippen LogP contribution in [-0.4, -0.2) is 34.8 Å². The summed E-state index contributed by atoms with van der Waals surface area (Å²) in [5.74, 6) is -0.477. The molecule has 24 heavy (non-hydrogen) atoms. The molecule has 0 aliphatic heterocycles. The van der Waals surface area contributed by atoms with Crippen molar-refractivity contribution in [1.29, 1.82) is 0 Å². The Bertz CT molecular complexity index is 741. The molecule has 0 spiro atoms. The predicted molar refractivity (Wildman–Crippen MR) is 90.5 cm³/mol. The second-order valence-corrected chi connectivity index (χ2v) is 7.19. The van der Waals surface area contributed by atoms with E-state index in [2.05, 4.69) is 10.3 Å². The molecule has 7 heteroatoms. The van der Waals surface area contributed by atoms with Gasteiger partial charge in [0.25, 0.3) is 5.91 Å². The van der Waals surface area contributed by atoms with E-state index in [1.165, 1.54) is 40.5 Å². The Hall–Kier alpha value is -2.28. The van der Waals surface area contributed by atoms with Crippen LogP contribution in [0, 0.1) is 18.7 Å². The summed E-state index contributed by atoms with van der Waals surface area (Å²) in [6, 6.07) is 5.39. The van der Waals surface area contributed by atoms with Gasteiger partial charge < -0.3 is 10.2 Å². The van der Waals surface area contributed by atoms with E-state index < -0.39 is 5.82 Å². The first kappa shape index (κ1) is 16.6. The molecule has 1 fully saturated rings. The quantitative estimate of drug-likeness (QED) is 0.873. The van der Waals surface area contributed by atoms with Crippen LogP contribution < -0.4 is 5.32 Å². The van der Waals surface area contributed by atoms with Crippen molar-refractivity contribution >= 4 is 28.3 Å². The van der Waals surface area contributed by atoms with E-state index in [-0.39, 0.29) is 18.4 Å². The summed E-state index contributed by atoms with van der Waals surface area (Å²) in [6.45, 7) is 2.41. The number of thiazole rings is 1. The number of aromatic nitrogens is 1. The zero-order chi connectivity index (χ0) is 17.1. The molecule has 2 amide bonds. The maximum Gasteiger partial charge on any atom is 0.254 e. The van der Waals surface area contributed by atoms with Gasteiger partial charge in [-0.3, -0.25) is 9.59 Å². The van der Waals surface area contributed by atoms with Crippen molar-refractivity contribution in [3.63, 3.8) is 0 Å². The molecular weight excluding hydrogens is 329 g/mol. The minimum Gasteiger partial charge on any atom is -0.329 e. The molecule has 0 atom stereocenters. The third-order valence-corrected chi connectivity index (χ3v) is 4.58. The van der Waals surface area contributed by atoms with Gasteiger partial charge in [-0.05, 0) is 49.9 Å². The Morgan fingerprint density at radius 2 is 2.04 bits per heavy atom. The van der Waals surface area contributed by atoms with Crippen molar-refractivity contribution < 1.29 is 14.0 Å². The average Bonchev–Trinajstić information content (AvgIpc) is 3.27. The summed E-state index contributed by atoms with van der Waals surface area (Å²) >= 11 is 1.39. The number of benzene rings is 1. The second kappa shape index (κ2) is 7.09. The highest BCUT2D eigenvalue weighted by Gasteiger charge is 2.28. The fourth-order valence-corrected chi connectivity index (χ4v) is 3.03. The highest BCUT2D eigenvalue weighted by atomic mass is 32.1. The number of rotatable bonds is 6. The van der Waals surface area contributed by atoms with Crippen LogP contribution in [-0.2, 0) is 4.79 Å². The van der Waals surface area contributed by atoms with E-state index in [9.17, 15) is 14.0 Å². The number of amides is 2. The Balaban J connectivity index is 1.67. The molecule has 126 valence electrons. The molecule has 1 N–H and O–H groups in total. The van der Waals surface area contributed by atoms with Gasteiger partial charge in [-0.15, -0.1) is 11.3 Å². The Morgan fingerprint density at radius 1 is 1.33 bits per heavy atom. The Morgan fingerprint density at radius 3 is 2.62 bits per heavy atom. The summed E-state index contributed by atoms with van der Waals surface area (Å²) in [5.41, 5.74) is 0.384. The number of aryl methyl sites for hydroxylation is 1. The number of nitrogens with zero attached hydrogens (tertiary/aromatic N) is 2. The van der Waals surface area contributed by atoms with Crippen LogP contribution in [0.5, 0.6) is 0 Å². The number of carbonyl (C=O) groups excluding carboxylic acids is 2. The van der Waals surface area contributed by atoms with Gasteiger partial charge in [-0.1, -0.05) is 0 Å². The first-order valence-electron chi connectivity index (χ1n) is 7.78. The van der Waals surface area contributed by atoms with Gasteiger partial charge in [0.1, 0.15) is 12.4 Å². The van der Waals surface area contributed by atoms with Gasteiger partial charge in [0, 0.05) is 23.2 Å². The molecule has 0 saturated heterocycles. The molecule has 1 saturated carbocycles. The lowest BCUT2D eigenvalue weighted by molar-refractivity contribution is -0.116. The van der Waals surface area contributed by atoms with Gasteiger partial charge in [-0.25, -0.2) is 9.37 Å². The van der Waals surface area contributed by atoms with Crippen LogP contribution in [0.1, 0.15) is 28.1 Å². The van der Waals surface area contributed by atoms with E-state index in [0.717, 1.165) is 17.7 Å². The lowest BCUT2D eigenvalue weighted by Crippen LogP contribution is -2.39. The maximum atomic E-state index is 13.0. The SMILES string of the molecule is Cc1cnc(NC(=O)CN(CC2CC2)C(=O)c2ccc(F)cc2)s1. The van der Waals surface area contributed by atoms with Crippen LogP contribution in [0.3, 0.4) is 0 Å². The maximum absolute atomic E-state index is 13.0. The van der Waals surface area contributed by atoms with E-state index in [0.29, 0.717) is 23.2 Å². The molecule has 1 aliphatic carbocycles. The minimum atomic E-state index is -0.392. The first-order chi connectivity index (χ1) is 11.5. The van der Waals surface area contributed by atoms with Gasteiger partial charge in [-0.2, -0.15) is 0 Å². The smallest absolute Gasteiger partial charge is 0.254 e. The van der Waals surface area contributed by atoms with Crippen molar-refractivity contribution in [2.75, 3.05) is 18.4 Å². The van der Waals surface area contributed by atoms with Crippen molar-refractivity contribution in [2.24, 2.45) is 5.92 Å². The molecule has 1 aliphatic rings. The van der Waals surface area contributed by atoms with Gasteiger partial charge >= 0.3 is 0 Å². The number of hydrogen-bond acceptors (Lipinski definition) is 4. The molecule has 1 aromatic heterocycles. The molecule has 0 unspecified atom stereocenters. The Kier molecular flexibility index (Phi) is 4.89. The van der Waals surface area contributed by atoms with Crippen molar-refractivity contribution in [2.45, 2.75) is 19.8 Å². The summed E-state index contributed by atoms with van der Waals surface area (Å²) in [4.78, 5) is 31.5. The molecule has 0 radical (unpaired) electrons. The third-order valence-electron chi connectivity index (χ3n) is 3.76. The lowest BCUT2D eigenvalue weighted by atomic mass is 10.2. The second-order valence-electron chi connectivity index (χ2n) is 5.96. The normalized spacial score (nSPS) is 13.6. The molecule has 3 rings (SSSR count). The summed E-state index contributed by atoms with van der Waals surface area (Å²) < 4.78 is 13.0. The summed E-state index contributed by atoms with van der Waals surface area (Å²) in [6.07, 6.45) is 3.83. The Labute approximate surface area is 143 Å². The van der Waals surface area contributed by atoms with E-state index >= 15 is 0 Å². The van der Waals surface area contributed by atoms with Crippen molar-refractivity contribution in [3.05, 3.63) is 46.7 Å². The van der Waals surface area contributed by atoms with Crippen LogP contribution in [0.15, 0.2) is 30.5 Å². The number of hydrogen-bond donors (Lipinski definition) is 1. The number of halogens is 1. The molecule has 2 aromatic rings. The number of nitrogens with one attached hydrogen (secondary N) is 1. The van der Waals surface area contributed by atoms with E-state index in [4.69, 9.17) is 0 Å². The van der Waals surface area contributed by atoms with E-state index in [1.807, 2.05) is 6.92 Å². The predicted octanol–water partition coefficient (Wildman–Crippen LogP) is 3.08. The number of carbonyl (C=O) groups is 2. The zero-order valence-corrected chi connectivity index (χ0v) is 14.1. The fraction of sp³-hybridized carbons (Fsp3) is 0.353. The largest absolute Gasteiger partial charge is 0.329 e. The van der Waals surface area contributed by atoms with Crippen LogP contribution in [0.2, 0.25) is 0 Å². The van der Waals surface area contributed by atoms with Crippen LogP contribution in [0.4, 0.5) is 9.52 Å². The molecule has 1 aromatic carbocycles. The van der Waals surface area contributed by atoms with E-state index in [1.54, 1.807) is 6.20 Å². The molecule has 0 bridgehead atoms. The fourth-order valence-electron chi connectivity index (χ4n) is 2.35. The lowest BCUT2D eigenvalue weighted by Gasteiger charge is -2.22. The summed E-state index contributed by atoms with van der Waals surface area (Å²) in [5, 5.41) is 3.24. The van der Waals surface area contributed by atoms with Crippen molar-refractivity contribution in [3.8, 4) is 0 Å². The highest BCUT2D eigenvalue weighted by molar-refractivity contribution is 7.15. The van der Waals surface area contributed by atoms with Crippen LogP contribution >= 0.6 is 11.3 Å². The van der Waals surface area contributed by atoms with Crippen LogP contribution in [0.25, 0.3) is 0 Å². The van der Waals surface area contributed by atoms with Crippen molar-refractivity contribution in [1.82, 2.24) is 9.88 Å². The first-order valence-corrected chi connectivity index (χ1v) is 8.60. The summed E-state index contributed by atoms with van der Waals surface area (Å²) in [7, 11) is 0.